The number of nitrogens with zero attached hydrogens (tertiary/aromatic N) is 5. The molecule has 0 atom stereocenters. The van der Waals surface area contributed by atoms with E-state index in [1.165, 1.54) is 32.9 Å². The topological polar surface area (TPSA) is 92.9 Å². The van der Waals surface area contributed by atoms with Gasteiger partial charge in [-0.3, -0.25) is 15.0 Å². The lowest BCUT2D eigenvalue weighted by atomic mass is 10.0. The SMILES string of the molecule is O=[N+]([O-])c1cc(Cl)ccc1-n1cc(CN2CCc3c([nH]c4ccccc34)C2)nn1. The van der Waals surface area contributed by atoms with Crippen molar-refractivity contribution in [3.05, 3.63) is 80.7 Å². The normalized spacial score (nSPS) is 14.2. The third kappa shape index (κ3) is 3.26. The van der Waals surface area contributed by atoms with Gasteiger partial charge in [0.05, 0.1) is 16.8 Å². The maximum atomic E-state index is 11.3. The molecule has 9 heteroatoms. The monoisotopic (exact) mass is 408 g/mol. The Morgan fingerprint density at radius 2 is 2.10 bits per heavy atom. The van der Waals surface area contributed by atoms with Crippen LogP contribution in [0.2, 0.25) is 5.02 Å². The van der Waals surface area contributed by atoms with E-state index in [1.807, 2.05) is 6.07 Å². The number of para-hydroxylation sites is 1. The van der Waals surface area contributed by atoms with Crippen LogP contribution in [0.4, 0.5) is 5.69 Å². The zero-order valence-corrected chi connectivity index (χ0v) is 16.1. The van der Waals surface area contributed by atoms with Gasteiger partial charge < -0.3 is 4.98 Å². The Labute approximate surface area is 170 Å². The van der Waals surface area contributed by atoms with E-state index in [1.54, 1.807) is 18.3 Å². The van der Waals surface area contributed by atoms with E-state index in [0.717, 1.165) is 25.2 Å². The van der Waals surface area contributed by atoms with Crippen LogP contribution in [0.15, 0.2) is 48.7 Å². The van der Waals surface area contributed by atoms with Crippen molar-refractivity contribution in [1.82, 2.24) is 24.9 Å². The van der Waals surface area contributed by atoms with Crippen LogP contribution in [0.25, 0.3) is 16.6 Å². The van der Waals surface area contributed by atoms with Crippen molar-refractivity contribution in [3.8, 4) is 5.69 Å². The Bertz CT molecular complexity index is 1230. The zero-order valence-electron chi connectivity index (χ0n) is 15.4. The Balaban J connectivity index is 1.37. The van der Waals surface area contributed by atoms with Crippen molar-refractivity contribution in [2.24, 2.45) is 0 Å². The van der Waals surface area contributed by atoms with Crippen LogP contribution >= 0.6 is 11.6 Å². The summed E-state index contributed by atoms with van der Waals surface area (Å²) >= 11 is 5.89. The van der Waals surface area contributed by atoms with Crippen molar-refractivity contribution in [2.45, 2.75) is 19.5 Å². The summed E-state index contributed by atoms with van der Waals surface area (Å²) in [7, 11) is 0. The van der Waals surface area contributed by atoms with Gasteiger partial charge in [-0.05, 0) is 30.2 Å². The van der Waals surface area contributed by atoms with Gasteiger partial charge in [-0.15, -0.1) is 5.10 Å². The van der Waals surface area contributed by atoms with Gasteiger partial charge in [0.25, 0.3) is 5.69 Å². The highest BCUT2D eigenvalue weighted by atomic mass is 35.5. The molecule has 0 aliphatic carbocycles. The van der Waals surface area contributed by atoms with Crippen molar-refractivity contribution in [1.29, 1.82) is 0 Å². The number of aromatic amines is 1. The summed E-state index contributed by atoms with van der Waals surface area (Å²) in [6.45, 7) is 2.34. The standard InChI is InChI=1S/C20H17ClN6O2/c21-13-5-6-19(20(9-13)27(28)29)26-11-14(23-24-26)10-25-8-7-16-15-3-1-2-4-17(15)22-18(16)12-25/h1-6,9,11,22H,7-8,10,12H2. The molecule has 1 aliphatic rings. The Morgan fingerprint density at radius 3 is 2.97 bits per heavy atom. The number of nitrogens with one attached hydrogen (secondary N) is 1. The minimum Gasteiger partial charge on any atom is -0.357 e. The van der Waals surface area contributed by atoms with Gasteiger partial charge in [-0.25, -0.2) is 4.68 Å². The molecule has 8 nitrogen and oxygen atoms in total. The number of halogens is 1. The first kappa shape index (κ1) is 17.8. The van der Waals surface area contributed by atoms with E-state index in [9.17, 15) is 10.1 Å². The van der Waals surface area contributed by atoms with E-state index >= 15 is 0 Å². The molecule has 3 heterocycles. The molecule has 0 unspecified atom stereocenters. The fourth-order valence-electron chi connectivity index (χ4n) is 3.94. The van der Waals surface area contributed by atoms with Crippen molar-refractivity contribution in [3.63, 3.8) is 0 Å². The summed E-state index contributed by atoms with van der Waals surface area (Å²) in [5, 5.41) is 21.2. The Kier molecular flexibility index (Phi) is 4.30. The first-order chi connectivity index (χ1) is 14.1. The van der Waals surface area contributed by atoms with Gasteiger partial charge >= 0.3 is 0 Å². The molecule has 0 radical (unpaired) electrons. The lowest BCUT2D eigenvalue weighted by Gasteiger charge is -2.25. The van der Waals surface area contributed by atoms with Gasteiger partial charge in [0.1, 0.15) is 5.69 Å². The number of fused-ring (bicyclic) bond motifs is 3. The summed E-state index contributed by atoms with van der Waals surface area (Å²) in [5.74, 6) is 0. The average molecular weight is 409 g/mol. The van der Waals surface area contributed by atoms with E-state index in [-0.39, 0.29) is 5.69 Å². The fraction of sp³-hybridized carbons (Fsp3) is 0.200. The van der Waals surface area contributed by atoms with E-state index in [2.05, 4.69) is 38.4 Å². The molecule has 1 aliphatic heterocycles. The molecule has 0 saturated carbocycles. The molecule has 146 valence electrons. The highest BCUT2D eigenvalue weighted by Crippen LogP contribution is 2.29. The van der Waals surface area contributed by atoms with Gasteiger partial charge in [0.2, 0.25) is 0 Å². The number of aromatic nitrogens is 4. The van der Waals surface area contributed by atoms with Crippen LogP contribution in [0.5, 0.6) is 0 Å². The van der Waals surface area contributed by atoms with E-state index < -0.39 is 4.92 Å². The van der Waals surface area contributed by atoms with E-state index in [4.69, 9.17) is 11.6 Å². The number of rotatable bonds is 4. The first-order valence-electron chi connectivity index (χ1n) is 9.25. The highest BCUT2D eigenvalue weighted by molar-refractivity contribution is 6.30. The lowest BCUT2D eigenvalue weighted by molar-refractivity contribution is -0.384. The van der Waals surface area contributed by atoms with Crippen molar-refractivity contribution in [2.75, 3.05) is 6.54 Å². The zero-order chi connectivity index (χ0) is 20.0. The molecular formula is C20H17ClN6O2. The van der Waals surface area contributed by atoms with Crippen molar-refractivity contribution >= 4 is 28.2 Å². The maximum Gasteiger partial charge on any atom is 0.296 e. The molecular weight excluding hydrogens is 392 g/mol. The number of nitro benzene ring substituents is 1. The third-order valence-corrected chi connectivity index (χ3v) is 5.50. The van der Waals surface area contributed by atoms with Gasteiger partial charge in [-0.1, -0.05) is 35.0 Å². The van der Waals surface area contributed by atoms with Crippen LogP contribution in [0.3, 0.4) is 0 Å². The third-order valence-electron chi connectivity index (χ3n) is 5.27. The molecule has 0 saturated heterocycles. The number of hydrogen-bond donors (Lipinski definition) is 1. The molecule has 29 heavy (non-hydrogen) atoms. The quantitative estimate of drug-likeness (QED) is 0.408. The number of H-pyrrole nitrogens is 1. The molecule has 2 aromatic carbocycles. The minimum absolute atomic E-state index is 0.102. The lowest BCUT2D eigenvalue weighted by Crippen LogP contribution is -2.30. The van der Waals surface area contributed by atoms with Gasteiger partial charge in [0.15, 0.2) is 0 Å². The molecule has 0 bridgehead atoms. The summed E-state index contributed by atoms with van der Waals surface area (Å²) in [6.07, 6.45) is 2.70. The summed E-state index contributed by atoms with van der Waals surface area (Å²) in [5.41, 5.74) is 4.79. The fourth-order valence-corrected chi connectivity index (χ4v) is 4.10. The molecule has 1 N–H and O–H groups in total. The summed E-state index contributed by atoms with van der Waals surface area (Å²) in [6, 6.07) is 12.9. The van der Waals surface area contributed by atoms with E-state index in [0.29, 0.717) is 17.3 Å². The predicted molar refractivity (Wildman–Crippen MR) is 109 cm³/mol. The largest absolute Gasteiger partial charge is 0.357 e. The molecule has 4 aromatic rings. The highest BCUT2D eigenvalue weighted by Gasteiger charge is 2.22. The number of nitro groups is 1. The molecule has 5 rings (SSSR count). The van der Waals surface area contributed by atoms with Crippen LogP contribution in [0, 0.1) is 10.1 Å². The summed E-state index contributed by atoms with van der Waals surface area (Å²) in [4.78, 5) is 16.7. The van der Waals surface area contributed by atoms with Crippen LogP contribution in [-0.2, 0) is 19.5 Å². The Hall–Kier alpha value is -3.23. The number of hydrogen-bond acceptors (Lipinski definition) is 5. The first-order valence-corrected chi connectivity index (χ1v) is 9.62. The van der Waals surface area contributed by atoms with Gasteiger partial charge in [0, 0.05) is 47.3 Å². The average Bonchev–Trinajstić information content (AvgIpc) is 3.32. The van der Waals surface area contributed by atoms with Crippen LogP contribution in [0.1, 0.15) is 17.0 Å². The molecule has 0 spiro atoms. The maximum absolute atomic E-state index is 11.3. The number of benzene rings is 2. The van der Waals surface area contributed by atoms with Crippen LogP contribution < -0.4 is 0 Å². The van der Waals surface area contributed by atoms with Crippen molar-refractivity contribution < 1.29 is 4.92 Å². The Morgan fingerprint density at radius 1 is 1.24 bits per heavy atom. The minimum atomic E-state index is -0.468. The predicted octanol–water partition coefficient (Wildman–Crippen LogP) is 3.87. The second-order valence-corrected chi connectivity index (χ2v) is 7.57. The molecule has 0 fully saturated rings. The van der Waals surface area contributed by atoms with Gasteiger partial charge in [-0.2, -0.15) is 0 Å². The smallest absolute Gasteiger partial charge is 0.296 e. The second-order valence-electron chi connectivity index (χ2n) is 7.13. The summed E-state index contributed by atoms with van der Waals surface area (Å²) < 4.78 is 1.43. The molecule has 0 amide bonds. The second kappa shape index (κ2) is 6.98. The molecule has 2 aromatic heterocycles. The van der Waals surface area contributed by atoms with Crippen LogP contribution in [-0.4, -0.2) is 36.3 Å².